The molecular formula is C16H23N3O2. The van der Waals surface area contributed by atoms with Crippen molar-refractivity contribution in [2.45, 2.75) is 39.8 Å². The van der Waals surface area contributed by atoms with Gasteiger partial charge in [0.25, 0.3) is 5.56 Å². The monoisotopic (exact) mass is 289 g/mol. The molecule has 1 N–H and O–H groups in total. The Hall–Kier alpha value is -1.88. The van der Waals surface area contributed by atoms with Gasteiger partial charge in [-0.05, 0) is 39.8 Å². The van der Waals surface area contributed by atoms with E-state index in [2.05, 4.69) is 42.6 Å². The Bertz CT molecular complexity index is 641. The number of benzene rings is 1. The van der Waals surface area contributed by atoms with Gasteiger partial charge in [0, 0.05) is 24.7 Å². The number of nitrogens with one attached hydrogen (secondary N) is 1. The lowest BCUT2D eigenvalue weighted by Crippen LogP contribution is -2.39. The molecule has 1 aromatic heterocycles. The van der Waals surface area contributed by atoms with Gasteiger partial charge in [-0.25, -0.2) is 4.98 Å². The van der Waals surface area contributed by atoms with Gasteiger partial charge in [0.2, 0.25) is 0 Å². The predicted molar refractivity (Wildman–Crippen MR) is 84.8 cm³/mol. The van der Waals surface area contributed by atoms with Crippen LogP contribution in [0.5, 0.6) is 5.75 Å². The quantitative estimate of drug-likeness (QED) is 0.887. The molecule has 2 rings (SSSR count). The zero-order chi connectivity index (χ0) is 15.4. The minimum atomic E-state index is -0.127. The maximum atomic E-state index is 11.6. The van der Waals surface area contributed by atoms with Crippen molar-refractivity contribution < 1.29 is 4.74 Å². The Morgan fingerprint density at radius 3 is 2.62 bits per heavy atom. The predicted octanol–water partition coefficient (Wildman–Crippen LogP) is 2.42. The molecule has 0 aliphatic rings. The van der Waals surface area contributed by atoms with Crippen molar-refractivity contribution in [2.24, 2.45) is 0 Å². The van der Waals surface area contributed by atoms with E-state index in [0.717, 1.165) is 12.3 Å². The smallest absolute Gasteiger partial charge is 0.258 e. The summed E-state index contributed by atoms with van der Waals surface area (Å²) >= 11 is 0. The van der Waals surface area contributed by atoms with Crippen LogP contribution in [-0.2, 0) is 0 Å². The Labute approximate surface area is 125 Å². The van der Waals surface area contributed by atoms with Crippen molar-refractivity contribution in [2.75, 3.05) is 13.2 Å². The average Bonchev–Trinajstić information content (AvgIpc) is 2.43. The average molecular weight is 289 g/mol. The second-order valence-corrected chi connectivity index (χ2v) is 5.68. The fraction of sp³-hybridized carbons (Fsp3) is 0.500. The van der Waals surface area contributed by atoms with E-state index in [1.54, 1.807) is 12.1 Å². The SMILES string of the molecule is CC(C)N(CCOc1ccc2c(=O)[nH]cnc2c1)C(C)C. The van der Waals surface area contributed by atoms with Crippen molar-refractivity contribution >= 4 is 10.9 Å². The van der Waals surface area contributed by atoms with E-state index < -0.39 is 0 Å². The first-order chi connectivity index (χ1) is 9.99. The van der Waals surface area contributed by atoms with Gasteiger partial charge in [-0.15, -0.1) is 0 Å². The van der Waals surface area contributed by atoms with Crippen LogP contribution in [0.1, 0.15) is 27.7 Å². The molecule has 1 heterocycles. The molecule has 0 unspecified atom stereocenters. The summed E-state index contributed by atoms with van der Waals surface area (Å²) in [5.74, 6) is 0.744. The summed E-state index contributed by atoms with van der Waals surface area (Å²) in [5, 5.41) is 0.579. The summed E-state index contributed by atoms with van der Waals surface area (Å²) in [5.41, 5.74) is 0.526. The summed E-state index contributed by atoms with van der Waals surface area (Å²) in [4.78, 5) is 20.7. The molecule has 0 spiro atoms. The molecule has 0 bridgehead atoms. The van der Waals surface area contributed by atoms with Gasteiger partial charge in [-0.3, -0.25) is 9.69 Å². The molecule has 114 valence electrons. The Morgan fingerprint density at radius 1 is 1.24 bits per heavy atom. The molecule has 0 aliphatic carbocycles. The van der Waals surface area contributed by atoms with E-state index in [4.69, 9.17) is 4.74 Å². The lowest BCUT2D eigenvalue weighted by Gasteiger charge is -2.30. The van der Waals surface area contributed by atoms with E-state index in [9.17, 15) is 4.79 Å². The van der Waals surface area contributed by atoms with E-state index in [0.29, 0.717) is 29.6 Å². The minimum Gasteiger partial charge on any atom is -0.492 e. The van der Waals surface area contributed by atoms with Gasteiger partial charge in [-0.2, -0.15) is 0 Å². The van der Waals surface area contributed by atoms with E-state index in [1.807, 2.05) is 6.07 Å². The van der Waals surface area contributed by atoms with Crippen LogP contribution in [0.2, 0.25) is 0 Å². The maximum Gasteiger partial charge on any atom is 0.258 e. The summed E-state index contributed by atoms with van der Waals surface area (Å²) in [6.07, 6.45) is 1.41. The van der Waals surface area contributed by atoms with Crippen molar-refractivity contribution in [1.29, 1.82) is 0 Å². The molecule has 5 nitrogen and oxygen atoms in total. The highest BCUT2D eigenvalue weighted by Crippen LogP contribution is 2.16. The zero-order valence-corrected chi connectivity index (χ0v) is 13.1. The van der Waals surface area contributed by atoms with Crippen molar-refractivity contribution in [1.82, 2.24) is 14.9 Å². The van der Waals surface area contributed by atoms with Gasteiger partial charge in [0.05, 0.1) is 17.2 Å². The minimum absolute atomic E-state index is 0.127. The first-order valence-corrected chi connectivity index (χ1v) is 7.35. The molecule has 0 atom stereocenters. The number of rotatable bonds is 6. The lowest BCUT2D eigenvalue weighted by molar-refractivity contribution is 0.142. The number of ether oxygens (including phenoxy) is 1. The summed E-state index contributed by atoms with van der Waals surface area (Å²) in [6, 6.07) is 6.35. The lowest BCUT2D eigenvalue weighted by atomic mass is 10.2. The molecule has 0 saturated carbocycles. The zero-order valence-electron chi connectivity index (χ0n) is 13.1. The third-order valence-corrected chi connectivity index (χ3v) is 3.56. The fourth-order valence-corrected chi connectivity index (χ4v) is 2.52. The molecule has 0 saturated heterocycles. The summed E-state index contributed by atoms with van der Waals surface area (Å²) in [6.45, 7) is 10.2. The maximum absolute atomic E-state index is 11.6. The largest absolute Gasteiger partial charge is 0.492 e. The molecule has 0 aliphatic heterocycles. The van der Waals surface area contributed by atoms with Gasteiger partial charge in [0.15, 0.2) is 0 Å². The highest BCUT2D eigenvalue weighted by molar-refractivity contribution is 5.78. The van der Waals surface area contributed by atoms with E-state index in [1.165, 1.54) is 6.33 Å². The van der Waals surface area contributed by atoms with Crippen molar-refractivity contribution in [3.63, 3.8) is 0 Å². The summed E-state index contributed by atoms with van der Waals surface area (Å²) < 4.78 is 5.79. The molecule has 0 fully saturated rings. The van der Waals surface area contributed by atoms with Gasteiger partial charge in [0.1, 0.15) is 12.4 Å². The van der Waals surface area contributed by atoms with Crippen LogP contribution in [0.25, 0.3) is 10.9 Å². The van der Waals surface area contributed by atoms with Crippen molar-refractivity contribution in [3.05, 3.63) is 34.9 Å². The Kier molecular flexibility index (Phi) is 4.96. The topological polar surface area (TPSA) is 58.2 Å². The normalized spacial score (nSPS) is 11.8. The summed E-state index contributed by atoms with van der Waals surface area (Å²) in [7, 11) is 0. The Balaban J connectivity index is 2.02. The van der Waals surface area contributed by atoms with Crippen LogP contribution in [0.3, 0.4) is 0 Å². The second-order valence-electron chi connectivity index (χ2n) is 5.68. The third kappa shape index (κ3) is 3.82. The molecule has 0 amide bonds. The second kappa shape index (κ2) is 6.72. The first kappa shape index (κ1) is 15.5. The number of fused-ring (bicyclic) bond motifs is 1. The van der Waals surface area contributed by atoms with Crippen LogP contribution in [0.15, 0.2) is 29.3 Å². The van der Waals surface area contributed by atoms with Crippen LogP contribution in [-0.4, -0.2) is 40.1 Å². The first-order valence-electron chi connectivity index (χ1n) is 7.35. The molecule has 5 heteroatoms. The van der Waals surface area contributed by atoms with Crippen LogP contribution in [0.4, 0.5) is 0 Å². The number of hydrogen-bond acceptors (Lipinski definition) is 4. The van der Waals surface area contributed by atoms with Gasteiger partial charge >= 0.3 is 0 Å². The van der Waals surface area contributed by atoms with E-state index >= 15 is 0 Å². The molecule has 21 heavy (non-hydrogen) atoms. The Morgan fingerprint density at radius 2 is 1.95 bits per heavy atom. The van der Waals surface area contributed by atoms with E-state index in [-0.39, 0.29) is 5.56 Å². The third-order valence-electron chi connectivity index (χ3n) is 3.56. The molecule has 2 aromatic rings. The van der Waals surface area contributed by atoms with Crippen LogP contribution >= 0.6 is 0 Å². The molecule has 0 radical (unpaired) electrons. The van der Waals surface area contributed by atoms with Gasteiger partial charge in [-0.1, -0.05) is 0 Å². The number of aromatic nitrogens is 2. The van der Waals surface area contributed by atoms with Crippen LogP contribution < -0.4 is 10.3 Å². The highest BCUT2D eigenvalue weighted by Gasteiger charge is 2.12. The molecular weight excluding hydrogens is 266 g/mol. The number of H-pyrrole nitrogens is 1. The van der Waals surface area contributed by atoms with Crippen LogP contribution in [0, 0.1) is 0 Å². The standard InChI is InChI=1S/C16H23N3O2/c1-11(2)19(12(3)4)7-8-21-13-5-6-14-15(9-13)17-10-18-16(14)20/h5-6,9-12H,7-8H2,1-4H3,(H,17,18,20). The number of nitrogens with zero attached hydrogens (tertiary/aromatic N) is 2. The molecule has 1 aromatic carbocycles. The number of aromatic amines is 1. The van der Waals surface area contributed by atoms with Crippen molar-refractivity contribution in [3.8, 4) is 5.75 Å². The fourth-order valence-electron chi connectivity index (χ4n) is 2.52. The highest BCUT2D eigenvalue weighted by atomic mass is 16.5. The van der Waals surface area contributed by atoms with Gasteiger partial charge < -0.3 is 9.72 Å². The number of hydrogen-bond donors (Lipinski definition) is 1.